The van der Waals surface area contributed by atoms with Crippen molar-refractivity contribution in [1.29, 1.82) is 0 Å². The van der Waals surface area contributed by atoms with Crippen LogP contribution in [0, 0.1) is 0 Å². The number of unbranched alkanes of at least 4 members (excludes halogenated alkanes) is 2. The highest BCUT2D eigenvalue weighted by Gasteiger charge is 2.21. The fraction of sp³-hybridized carbons (Fsp3) is 1.00. The molecule has 0 spiro atoms. The Labute approximate surface area is 89.1 Å². The molecular weight excluding hydrogens is 172 g/mol. The standard InChI is InChI=1S/C12H26N2/c1-3-5-6-9-13-11-12-8-7-10-14(12)4-2/h12-13H,3-11H2,1-2H3. The quantitative estimate of drug-likeness (QED) is 0.631. The van der Waals surface area contributed by atoms with E-state index in [1.165, 1.54) is 58.3 Å². The minimum absolute atomic E-state index is 0.821. The number of likely N-dealkylation sites (tertiary alicyclic amines) is 1. The molecule has 14 heavy (non-hydrogen) atoms. The summed E-state index contributed by atoms with van der Waals surface area (Å²) in [5.74, 6) is 0. The maximum absolute atomic E-state index is 3.58. The summed E-state index contributed by atoms with van der Waals surface area (Å²) in [4.78, 5) is 2.60. The van der Waals surface area contributed by atoms with Crippen molar-refractivity contribution < 1.29 is 0 Å². The predicted octanol–water partition coefficient (Wildman–Crippen LogP) is 2.25. The molecule has 0 saturated carbocycles. The molecule has 2 nitrogen and oxygen atoms in total. The molecule has 1 heterocycles. The van der Waals surface area contributed by atoms with E-state index in [4.69, 9.17) is 0 Å². The third kappa shape index (κ3) is 3.97. The van der Waals surface area contributed by atoms with Gasteiger partial charge in [-0.15, -0.1) is 0 Å². The first kappa shape index (κ1) is 12.0. The average Bonchev–Trinajstić information content (AvgIpc) is 2.65. The minimum atomic E-state index is 0.821. The van der Waals surface area contributed by atoms with Crippen molar-refractivity contribution in [3.05, 3.63) is 0 Å². The van der Waals surface area contributed by atoms with Gasteiger partial charge in [0.05, 0.1) is 0 Å². The fourth-order valence-corrected chi connectivity index (χ4v) is 2.31. The molecule has 0 bridgehead atoms. The zero-order valence-electron chi connectivity index (χ0n) is 9.89. The molecule has 84 valence electrons. The molecule has 0 aromatic heterocycles. The molecule has 2 heteroatoms. The van der Waals surface area contributed by atoms with Gasteiger partial charge in [-0.25, -0.2) is 0 Å². The highest BCUT2D eigenvalue weighted by atomic mass is 15.2. The van der Waals surface area contributed by atoms with Crippen LogP contribution in [0.25, 0.3) is 0 Å². The minimum Gasteiger partial charge on any atom is -0.315 e. The van der Waals surface area contributed by atoms with E-state index < -0.39 is 0 Å². The Bertz CT molecular complexity index is 136. The van der Waals surface area contributed by atoms with Gasteiger partial charge in [0.25, 0.3) is 0 Å². The number of rotatable bonds is 7. The van der Waals surface area contributed by atoms with Gasteiger partial charge in [-0.05, 0) is 38.9 Å². The van der Waals surface area contributed by atoms with Crippen LogP contribution in [0.5, 0.6) is 0 Å². The van der Waals surface area contributed by atoms with Gasteiger partial charge in [0.1, 0.15) is 0 Å². The molecule has 1 aliphatic rings. The molecular formula is C12H26N2. The first-order chi connectivity index (χ1) is 6.88. The van der Waals surface area contributed by atoms with Gasteiger partial charge in [0.15, 0.2) is 0 Å². The van der Waals surface area contributed by atoms with Gasteiger partial charge in [0, 0.05) is 12.6 Å². The first-order valence-electron chi connectivity index (χ1n) is 6.33. The summed E-state index contributed by atoms with van der Waals surface area (Å²) in [5, 5.41) is 3.58. The number of hydrogen-bond acceptors (Lipinski definition) is 2. The molecule has 1 saturated heterocycles. The van der Waals surface area contributed by atoms with Gasteiger partial charge in [-0.1, -0.05) is 26.7 Å². The molecule has 1 atom stereocenters. The molecule has 0 radical (unpaired) electrons. The molecule has 1 rings (SSSR count). The van der Waals surface area contributed by atoms with Crippen molar-refractivity contribution in [2.75, 3.05) is 26.2 Å². The summed E-state index contributed by atoms with van der Waals surface area (Å²) >= 11 is 0. The Morgan fingerprint density at radius 3 is 2.86 bits per heavy atom. The van der Waals surface area contributed by atoms with Crippen molar-refractivity contribution in [2.45, 2.75) is 52.0 Å². The molecule has 0 aliphatic carbocycles. The molecule has 0 aromatic carbocycles. The summed E-state index contributed by atoms with van der Waals surface area (Å²) in [5.41, 5.74) is 0. The molecule has 1 N–H and O–H groups in total. The third-order valence-corrected chi connectivity index (χ3v) is 3.24. The smallest absolute Gasteiger partial charge is 0.0220 e. The third-order valence-electron chi connectivity index (χ3n) is 3.24. The second kappa shape index (κ2) is 7.24. The highest BCUT2D eigenvalue weighted by Crippen LogP contribution is 2.15. The molecule has 0 aromatic rings. The lowest BCUT2D eigenvalue weighted by atomic mass is 10.2. The van der Waals surface area contributed by atoms with Gasteiger partial charge in [0.2, 0.25) is 0 Å². The van der Waals surface area contributed by atoms with E-state index in [1.54, 1.807) is 0 Å². The Balaban J connectivity index is 2.00. The zero-order valence-corrected chi connectivity index (χ0v) is 9.89. The Hall–Kier alpha value is -0.0800. The van der Waals surface area contributed by atoms with E-state index in [9.17, 15) is 0 Å². The van der Waals surface area contributed by atoms with E-state index in [1.807, 2.05) is 0 Å². The number of likely N-dealkylation sites (N-methyl/N-ethyl adjacent to an activating group) is 1. The normalized spacial score (nSPS) is 23.1. The zero-order chi connectivity index (χ0) is 10.2. The predicted molar refractivity (Wildman–Crippen MR) is 62.7 cm³/mol. The van der Waals surface area contributed by atoms with Crippen LogP contribution in [0.3, 0.4) is 0 Å². The summed E-state index contributed by atoms with van der Waals surface area (Å²) in [7, 11) is 0. The van der Waals surface area contributed by atoms with Gasteiger partial charge in [-0.3, -0.25) is 4.90 Å². The van der Waals surface area contributed by atoms with Crippen LogP contribution < -0.4 is 5.32 Å². The van der Waals surface area contributed by atoms with Gasteiger partial charge in [-0.2, -0.15) is 0 Å². The second-order valence-corrected chi connectivity index (χ2v) is 4.34. The maximum Gasteiger partial charge on any atom is 0.0220 e. The monoisotopic (exact) mass is 198 g/mol. The lowest BCUT2D eigenvalue weighted by molar-refractivity contribution is 0.260. The highest BCUT2D eigenvalue weighted by molar-refractivity contribution is 4.79. The van der Waals surface area contributed by atoms with Crippen LogP contribution in [-0.2, 0) is 0 Å². The van der Waals surface area contributed by atoms with E-state index in [2.05, 4.69) is 24.1 Å². The van der Waals surface area contributed by atoms with E-state index in [0.717, 1.165) is 6.04 Å². The number of nitrogens with one attached hydrogen (secondary N) is 1. The average molecular weight is 198 g/mol. The first-order valence-corrected chi connectivity index (χ1v) is 6.33. The maximum atomic E-state index is 3.58. The lowest BCUT2D eigenvalue weighted by Crippen LogP contribution is -2.38. The van der Waals surface area contributed by atoms with E-state index in [-0.39, 0.29) is 0 Å². The SMILES string of the molecule is CCCCCNCC1CCCN1CC. The molecule has 0 amide bonds. The van der Waals surface area contributed by atoms with Crippen molar-refractivity contribution in [3.63, 3.8) is 0 Å². The van der Waals surface area contributed by atoms with Crippen molar-refractivity contribution in [2.24, 2.45) is 0 Å². The van der Waals surface area contributed by atoms with Gasteiger partial charge < -0.3 is 5.32 Å². The van der Waals surface area contributed by atoms with E-state index in [0.29, 0.717) is 0 Å². The van der Waals surface area contributed by atoms with Crippen LogP contribution >= 0.6 is 0 Å². The second-order valence-electron chi connectivity index (χ2n) is 4.34. The number of nitrogens with zero attached hydrogens (tertiary/aromatic N) is 1. The molecule has 1 fully saturated rings. The Morgan fingerprint density at radius 1 is 1.29 bits per heavy atom. The molecule has 1 unspecified atom stereocenters. The van der Waals surface area contributed by atoms with Crippen LogP contribution in [0.1, 0.15) is 46.0 Å². The fourth-order valence-electron chi connectivity index (χ4n) is 2.31. The van der Waals surface area contributed by atoms with Crippen molar-refractivity contribution in [3.8, 4) is 0 Å². The largest absolute Gasteiger partial charge is 0.315 e. The van der Waals surface area contributed by atoms with Crippen LogP contribution in [-0.4, -0.2) is 37.1 Å². The Kier molecular flexibility index (Phi) is 6.20. The Morgan fingerprint density at radius 2 is 2.14 bits per heavy atom. The topological polar surface area (TPSA) is 15.3 Å². The van der Waals surface area contributed by atoms with Crippen LogP contribution in [0.4, 0.5) is 0 Å². The lowest BCUT2D eigenvalue weighted by Gasteiger charge is -2.22. The van der Waals surface area contributed by atoms with Crippen molar-refractivity contribution in [1.82, 2.24) is 10.2 Å². The van der Waals surface area contributed by atoms with Crippen LogP contribution in [0.2, 0.25) is 0 Å². The number of hydrogen-bond donors (Lipinski definition) is 1. The summed E-state index contributed by atoms with van der Waals surface area (Å²) in [6.07, 6.45) is 6.83. The summed E-state index contributed by atoms with van der Waals surface area (Å²) < 4.78 is 0. The van der Waals surface area contributed by atoms with Gasteiger partial charge >= 0.3 is 0 Å². The van der Waals surface area contributed by atoms with Crippen LogP contribution in [0.15, 0.2) is 0 Å². The summed E-state index contributed by atoms with van der Waals surface area (Å²) in [6.45, 7) is 9.49. The van der Waals surface area contributed by atoms with Crippen molar-refractivity contribution >= 4 is 0 Å². The van der Waals surface area contributed by atoms with E-state index >= 15 is 0 Å². The molecule has 1 aliphatic heterocycles. The summed E-state index contributed by atoms with van der Waals surface area (Å²) in [6, 6.07) is 0.821.